The first-order valence-electron chi connectivity index (χ1n) is 4.08. The molecule has 1 unspecified atom stereocenters. The molecule has 1 amide bonds. The molecule has 1 atom stereocenters. The molecule has 0 aromatic carbocycles. The third-order valence-corrected chi connectivity index (χ3v) is 2.53. The lowest BCUT2D eigenvalue weighted by molar-refractivity contribution is 0.0949. The molecule has 1 rings (SSSR count). The fourth-order valence-corrected chi connectivity index (χ4v) is 1.53. The van der Waals surface area contributed by atoms with Crippen molar-refractivity contribution >= 4 is 17.2 Å². The number of hydrogen-bond acceptors (Lipinski definition) is 2. The van der Waals surface area contributed by atoms with Crippen molar-refractivity contribution in [2.24, 2.45) is 0 Å². The second kappa shape index (κ2) is 4.68. The first-order valence-corrected chi connectivity index (χ1v) is 4.96. The van der Waals surface area contributed by atoms with Gasteiger partial charge >= 0.3 is 0 Å². The van der Waals surface area contributed by atoms with Crippen LogP contribution in [0.3, 0.4) is 0 Å². The van der Waals surface area contributed by atoms with Gasteiger partial charge in [-0.15, -0.1) is 17.8 Å². The van der Waals surface area contributed by atoms with Crippen molar-refractivity contribution in [1.82, 2.24) is 5.32 Å². The highest BCUT2D eigenvalue weighted by atomic mass is 32.1. The van der Waals surface area contributed by atoms with Crippen LogP contribution in [-0.2, 0) is 0 Å². The minimum atomic E-state index is -0.158. The Morgan fingerprint density at radius 1 is 1.85 bits per heavy atom. The van der Waals surface area contributed by atoms with Gasteiger partial charge in [0.15, 0.2) is 0 Å². The summed E-state index contributed by atoms with van der Waals surface area (Å²) in [5.41, 5.74) is 0. The Morgan fingerprint density at radius 2 is 2.62 bits per heavy atom. The van der Waals surface area contributed by atoms with Gasteiger partial charge in [-0.3, -0.25) is 4.79 Å². The van der Waals surface area contributed by atoms with Gasteiger partial charge in [0, 0.05) is 0 Å². The topological polar surface area (TPSA) is 29.1 Å². The van der Waals surface area contributed by atoms with Gasteiger partial charge in [-0.05, 0) is 17.9 Å². The van der Waals surface area contributed by atoms with E-state index in [2.05, 4.69) is 11.2 Å². The Kier molecular flexibility index (Phi) is 3.53. The summed E-state index contributed by atoms with van der Waals surface area (Å²) >= 11 is 1.41. The highest BCUT2D eigenvalue weighted by Crippen LogP contribution is 2.08. The van der Waals surface area contributed by atoms with Crippen LogP contribution in [0.2, 0.25) is 0 Å². The highest BCUT2D eigenvalue weighted by molar-refractivity contribution is 7.12. The summed E-state index contributed by atoms with van der Waals surface area (Å²) in [6, 6.07) is 3.47. The van der Waals surface area contributed by atoms with Crippen LogP contribution in [0.25, 0.3) is 0 Å². The van der Waals surface area contributed by atoms with Crippen molar-refractivity contribution < 1.29 is 4.79 Å². The molecule has 0 aliphatic heterocycles. The molecule has 3 heteroatoms. The molecule has 0 saturated heterocycles. The first kappa shape index (κ1) is 9.82. The third kappa shape index (κ3) is 2.60. The number of nitrogens with one attached hydrogen (secondary N) is 1. The van der Waals surface area contributed by atoms with Crippen molar-refractivity contribution in [1.29, 1.82) is 0 Å². The first-order chi connectivity index (χ1) is 6.27. The maximum absolute atomic E-state index is 11.4. The summed E-state index contributed by atoms with van der Waals surface area (Å²) in [5.74, 6) is 2.43. The van der Waals surface area contributed by atoms with E-state index in [4.69, 9.17) is 6.42 Å². The Morgan fingerprint density at radius 3 is 3.08 bits per heavy atom. The zero-order valence-corrected chi connectivity index (χ0v) is 8.23. The lowest BCUT2D eigenvalue weighted by Gasteiger charge is -2.08. The normalized spacial score (nSPS) is 11.7. The number of amides is 1. The van der Waals surface area contributed by atoms with Crippen molar-refractivity contribution in [3.63, 3.8) is 0 Å². The van der Waals surface area contributed by atoms with Crippen LogP contribution < -0.4 is 5.32 Å². The number of carbonyl (C=O) groups excluding carboxylic acids is 1. The molecule has 0 bridgehead atoms. The van der Waals surface area contributed by atoms with Gasteiger partial charge in [0.25, 0.3) is 5.91 Å². The molecule has 0 aliphatic carbocycles. The summed E-state index contributed by atoms with van der Waals surface area (Å²) in [6.07, 6.45) is 5.98. The minimum Gasteiger partial charge on any atom is -0.338 e. The van der Waals surface area contributed by atoms with E-state index in [1.807, 2.05) is 18.4 Å². The fourth-order valence-electron chi connectivity index (χ4n) is 0.899. The summed E-state index contributed by atoms with van der Waals surface area (Å²) < 4.78 is 0. The third-order valence-electron chi connectivity index (χ3n) is 1.66. The van der Waals surface area contributed by atoms with Crippen LogP contribution in [0.1, 0.15) is 23.0 Å². The summed E-state index contributed by atoms with van der Waals surface area (Å²) in [7, 11) is 0. The van der Waals surface area contributed by atoms with Gasteiger partial charge in [0.1, 0.15) is 0 Å². The number of terminal acetylenes is 1. The second-order valence-corrected chi connectivity index (χ2v) is 3.53. The molecule has 13 heavy (non-hydrogen) atoms. The number of hydrogen-bond donors (Lipinski definition) is 1. The van der Waals surface area contributed by atoms with Crippen molar-refractivity contribution in [3.8, 4) is 12.3 Å². The van der Waals surface area contributed by atoms with Gasteiger partial charge in [-0.2, -0.15) is 0 Å². The molecule has 2 nitrogen and oxygen atoms in total. The van der Waals surface area contributed by atoms with Crippen LogP contribution in [0, 0.1) is 12.3 Å². The van der Waals surface area contributed by atoms with E-state index in [0.29, 0.717) is 4.88 Å². The molecule has 1 aromatic rings. The predicted molar refractivity (Wildman–Crippen MR) is 54.7 cm³/mol. The summed E-state index contributed by atoms with van der Waals surface area (Å²) in [5, 5.41) is 4.62. The van der Waals surface area contributed by atoms with Crippen molar-refractivity contribution in [2.75, 3.05) is 0 Å². The summed E-state index contributed by atoms with van der Waals surface area (Å²) in [6.45, 7) is 1.94. The van der Waals surface area contributed by atoms with E-state index in [0.717, 1.165) is 6.42 Å². The standard InChI is InChI=1S/C10H11NOS/c1-3-8(4-2)11-10(12)9-6-5-7-13-9/h1,5-8H,4H2,2H3,(H,11,12). The molecular weight excluding hydrogens is 182 g/mol. The fraction of sp³-hybridized carbons (Fsp3) is 0.300. The number of carbonyl (C=O) groups is 1. The van der Waals surface area contributed by atoms with E-state index in [1.165, 1.54) is 11.3 Å². The zero-order chi connectivity index (χ0) is 9.68. The Bertz CT molecular complexity index is 310. The van der Waals surface area contributed by atoms with Crippen molar-refractivity contribution in [2.45, 2.75) is 19.4 Å². The number of thiophene rings is 1. The second-order valence-electron chi connectivity index (χ2n) is 2.58. The van der Waals surface area contributed by atoms with Gasteiger partial charge in [0.2, 0.25) is 0 Å². The molecule has 1 heterocycles. The highest BCUT2D eigenvalue weighted by Gasteiger charge is 2.09. The SMILES string of the molecule is C#CC(CC)NC(=O)c1cccs1. The van der Waals surface area contributed by atoms with E-state index >= 15 is 0 Å². The maximum atomic E-state index is 11.4. The van der Waals surface area contributed by atoms with Gasteiger partial charge < -0.3 is 5.32 Å². The molecule has 0 aliphatic rings. The molecule has 0 fully saturated rings. The minimum absolute atomic E-state index is 0.0835. The van der Waals surface area contributed by atoms with Gasteiger partial charge in [-0.1, -0.05) is 18.9 Å². The quantitative estimate of drug-likeness (QED) is 0.730. The number of rotatable bonds is 3. The zero-order valence-electron chi connectivity index (χ0n) is 7.41. The largest absolute Gasteiger partial charge is 0.338 e. The van der Waals surface area contributed by atoms with E-state index in [-0.39, 0.29) is 11.9 Å². The van der Waals surface area contributed by atoms with Crippen LogP contribution in [0.15, 0.2) is 17.5 Å². The maximum Gasteiger partial charge on any atom is 0.262 e. The van der Waals surface area contributed by atoms with Crippen LogP contribution in [-0.4, -0.2) is 11.9 Å². The average molecular weight is 193 g/mol. The smallest absolute Gasteiger partial charge is 0.262 e. The average Bonchev–Trinajstić information content (AvgIpc) is 2.66. The summed E-state index contributed by atoms with van der Waals surface area (Å²) in [4.78, 5) is 12.1. The molecular formula is C10H11NOS. The molecule has 1 aromatic heterocycles. The molecule has 0 spiro atoms. The predicted octanol–water partition coefficient (Wildman–Crippen LogP) is 1.89. The van der Waals surface area contributed by atoms with E-state index in [9.17, 15) is 4.79 Å². The van der Waals surface area contributed by atoms with E-state index in [1.54, 1.807) is 6.07 Å². The molecule has 68 valence electrons. The Balaban J connectivity index is 2.57. The van der Waals surface area contributed by atoms with Crippen molar-refractivity contribution in [3.05, 3.63) is 22.4 Å². The van der Waals surface area contributed by atoms with Crippen LogP contribution >= 0.6 is 11.3 Å². The lowest BCUT2D eigenvalue weighted by Crippen LogP contribution is -2.32. The lowest BCUT2D eigenvalue weighted by atomic mass is 10.2. The monoisotopic (exact) mass is 193 g/mol. The van der Waals surface area contributed by atoms with Gasteiger partial charge in [-0.25, -0.2) is 0 Å². The Hall–Kier alpha value is -1.27. The van der Waals surface area contributed by atoms with Crippen LogP contribution in [0.4, 0.5) is 0 Å². The molecule has 0 radical (unpaired) electrons. The van der Waals surface area contributed by atoms with E-state index < -0.39 is 0 Å². The molecule has 1 N–H and O–H groups in total. The molecule has 0 saturated carbocycles. The Labute approximate surface area is 82.0 Å². The van der Waals surface area contributed by atoms with Crippen LogP contribution in [0.5, 0.6) is 0 Å². The van der Waals surface area contributed by atoms with Gasteiger partial charge in [0.05, 0.1) is 10.9 Å².